The van der Waals surface area contributed by atoms with Crippen LogP contribution in [-0.2, 0) is 20.9 Å². The number of hydrogen-bond acceptors (Lipinski definition) is 5. The Balaban J connectivity index is 1.57. The Hall–Kier alpha value is -3.54. The van der Waals surface area contributed by atoms with E-state index in [1.807, 2.05) is 60.7 Å². The molecule has 3 aromatic rings. The quantitative estimate of drug-likeness (QED) is 0.552. The van der Waals surface area contributed by atoms with E-state index in [-0.39, 0.29) is 5.91 Å². The summed E-state index contributed by atoms with van der Waals surface area (Å²) >= 11 is 0. The lowest BCUT2D eigenvalue weighted by Crippen LogP contribution is -2.36. The van der Waals surface area contributed by atoms with Gasteiger partial charge in [0.2, 0.25) is 0 Å². The molecule has 0 saturated heterocycles. The molecule has 1 amide bonds. The number of methoxy groups -OCH3 is 2. The average molecular weight is 421 g/mol. The van der Waals surface area contributed by atoms with Gasteiger partial charge in [-0.1, -0.05) is 36.4 Å². The van der Waals surface area contributed by atoms with Crippen molar-refractivity contribution in [1.82, 2.24) is 5.32 Å². The lowest BCUT2D eigenvalue weighted by atomic mass is 9.98. The van der Waals surface area contributed by atoms with Gasteiger partial charge in [0.25, 0.3) is 5.91 Å². The van der Waals surface area contributed by atoms with E-state index >= 15 is 0 Å². The smallest absolute Gasteiger partial charge is 0.313 e. The van der Waals surface area contributed by atoms with Gasteiger partial charge in [-0.3, -0.25) is 9.59 Å². The summed E-state index contributed by atoms with van der Waals surface area (Å²) in [7, 11) is 3.23. The molecule has 0 aliphatic rings. The second-order valence-electron chi connectivity index (χ2n) is 7.34. The molecule has 6 heteroatoms. The van der Waals surface area contributed by atoms with E-state index in [2.05, 4.69) is 5.32 Å². The number of amides is 1. The normalized spacial score (nSPS) is 12.6. The summed E-state index contributed by atoms with van der Waals surface area (Å²) in [5.74, 6) is 0.242. The Bertz CT molecular complexity index is 1060. The standard InChI is InChI=1S/C25H27NO5/c1-16(19-7-8-21-14-23(30-4)12-9-20(21)13-19)25(28)31-17(2)24(27)26-15-18-5-10-22(29-3)11-6-18/h5-14,16-17H,15H2,1-4H3,(H,26,27)/t16-,17+/m0/s1. The molecule has 31 heavy (non-hydrogen) atoms. The molecule has 0 unspecified atom stereocenters. The molecule has 0 radical (unpaired) electrons. The van der Waals surface area contributed by atoms with Crippen molar-refractivity contribution < 1.29 is 23.8 Å². The fourth-order valence-corrected chi connectivity index (χ4v) is 3.18. The monoisotopic (exact) mass is 421 g/mol. The lowest BCUT2D eigenvalue weighted by molar-refractivity contribution is -0.156. The summed E-state index contributed by atoms with van der Waals surface area (Å²) in [5.41, 5.74) is 1.75. The predicted molar refractivity (Wildman–Crippen MR) is 119 cm³/mol. The highest BCUT2D eigenvalue weighted by Gasteiger charge is 2.23. The summed E-state index contributed by atoms with van der Waals surface area (Å²) in [6.07, 6.45) is -0.891. The fraction of sp³-hybridized carbons (Fsp3) is 0.280. The molecule has 0 bridgehead atoms. The molecule has 3 rings (SSSR count). The molecule has 0 spiro atoms. The Morgan fingerprint density at radius 2 is 1.45 bits per heavy atom. The molecule has 0 saturated carbocycles. The molecule has 0 aliphatic heterocycles. The molecule has 3 aromatic carbocycles. The van der Waals surface area contributed by atoms with Crippen molar-refractivity contribution in [3.63, 3.8) is 0 Å². The number of rotatable bonds is 8. The van der Waals surface area contributed by atoms with Crippen molar-refractivity contribution in [3.8, 4) is 11.5 Å². The third-order valence-corrected chi connectivity index (χ3v) is 5.21. The first kappa shape index (κ1) is 22.2. The maximum absolute atomic E-state index is 12.6. The first-order chi connectivity index (χ1) is 14.9. The molecular weight excluding hydrogens is 394 g/mol. The van der Waals surface area contributed by atoms with E-state index in [9.17, 15) is 9.59 Å². The molecule has 2 atom stereocenters. The second-order valence-corrected chi connectivity index (χ2v) is 7.34. The van der Waals surface area contributed by atoms with E-state index in [0.717, 1.165) is 33.4 Å². The summed E-state index contributed by atoms with van der Waals surface area (Å²) in [5, 5.41) is 4.81. The van der Waals surface area contributed by atoms with Crippen LogP contribution in [0.5, 0.6) is 11.5 Å². The average Bonchev–Trinajstić information content (AvgIpc) is 2.81. The van der Waals surface area contributed by atoms with E-state index in [4.69, 9.17) is 14.2 Å². The number of benzene rings is 3. The zero-order valence-electron chi connectivity index (χ0n) is 18.2. The van der Waals surface area contributed by atoms with Gasteiger partial charge >= 0.3 is 5.97 Å². The Morgan fingerprint density at radius 3 is 2.13 bits per heavy atom. The van der Waals surface area contributed by atoms with Crippen molar-refractivity contribution in [1.29, 1.82) is 0 Å². The van der Waals surface area contributed by atoms with E-state index in [1.165, 1.54) is 0 Å². The predicted octanol–water partition coefficient (Wildman–Crippen LogP) is 4.21. The number of esters is 1. The van der Waals surface area contributed by atoms with Crippen LogP contribution < -0.4 is 14.8 Å². The summed E-state index contributed by atoms with van der Waals surface area (Å²) in [4.78, 5) is 24.9. The summed E-state index contributed by atoms with van der Waals surface area (Å²) in [6.45, 7) is 3.68. The van der Waals surface area contributed by atoms with Gasteiger partial charge in [-0.25, -0.2) is 0 Å². The second kappa shape index (κ2) is 9.98. The molecule has 6 nitrogen and oxygen atoms in total. The molecule has 0 fully saturated rings. The van der Waals surface area contributed by atoms with Crippen LogP contribution in [0.15, 0.2) is 60.7 Å². The molecule has 0 aromatic heterocycles. The number of hydrogen-bond donors (Lipinski definition) is 1. The highest BCUT2D eigenvalue weighted by molar-refractivity contribution is 5.88. The highest BCUT2D eigenvalue weighted by Crippen LogP contribution is 2.26. The van der Waals surface area contributed by atoms with Gasteiger partial charge in [0, 0.05) is 6.54 Å². The van der Waals surface area contributed by atoms with Crippen molar-refractivity contribution >= 4 is 22.6 Å². The zero-order chi connectivity index (χ0) is 22.4. The van der Waals surface area contributed by atoms with Crippen LogP contribution in [0.2, 0.25) is 0 Å². The van der Waals surface area contributed by atoms with Crippen LogP contribution in [0.4, 0.5) is 0 Å². The summed E-state index contributed by atoms with van der Waals surface area (Å²) < 4.78 is 15.8. The fourth-order valence-electron chi connectivity index (χ4n) is 3.18. The Morgan fingerprint density at radius 1 is 0.839 bits per heavy atom. The maximum atomic E-state index is 12.6. The number of nitrogens with one attached hydrogen (secondary N) is 1. The van der Waals surface area contributed by atoms with E-state index in [1.54, 1.807) is 28.1 Å². The van der Waals surface area contributed by atoms with Crippen LogP contribution in [0.3, 0.4) is 0 Å². The molecule has 0 aliphatic carbocycles. The van der Waals surface area contributed by atoms with Crippen molar-refractivity contribution in [3.05, 3.63) is 71.8 Å². The van der Waals surface area contributed by atoms with Crippen LogP contribution in [-0.4, -0.2) is 32.2 Å². The van der Waals surface area contributed by atoms with Crippen molar-refractivity contribution in [2.45, 2.75) is 32.4 Å². The van der Waals surface area contributed by atoms with Crippen molar-refractivity contribution in [2.24, 2.45) is 0 Å². The first-order valence-electron chi connectivity index (χ1n) is 10.1. The van der Waals surface area contributed by atoms with E-state index < -0.39 is 18.0 Å². The van der Waals surface area contributed by atoms with E-state index in [0.29, 0.717) is 6.54 Å². The van der Waals surface area contributed by atoms with Gasteiger partial charge in [-0.05, 0) is 60.0 Å². The van der Waals surface area contributed by atoms with Gasteiger partial charge in [0.15, 0.2) is 6.10 Å². The molecule has 0 heterocycles. The number of fused-ring (bicyclic) bond motifs is 1. The van der Waals surface area contributed by atoms with Gasteiger partial charge in [0.1, 0.15) is 11.5 Å². The SMILES string of the molecule is COc1ccc(CNC(=O)[C@@H](C)OC(=O)[C@@H](C)c2ccc3cc(OC)ccc3c2)cc1. The number of carbonyl (C=O) groups is 2. The molecule has 162 valence electrons. The molecule has 1 N–H and O–H groups in total. The van der Waals surface area contributed by atoms with Gasteiger partial charge < -0.3 is 19.5 Å². The zero-order valence-corrected chi connectivity index (χ0v) is 18.2. The Labute approximate surface area is 182 Å². The van der Waals surface area contributed by atoms with Crippen LogP contribution in [0, 0.1) is 0 Å². The summed E-state index contributed by atoms with van der Waals surface area (Å²) in [6, 6.07) is 18.9. The third-order valence-electron chi connectivity index (χ3n) is 5.21. The lowest BCUT2D eigenvalue weighted by Gasteiger charge is -2.17. The first-order valence-corrected chi connectivity index (χ1v) is 10.1. The molecular formula is C25H27NO5. The van der Waals surface area contributed by atoms with Crippen molar-refractivity contribution in [2.75, 3.05) is 14.2 Å². The number of ether oxygens (including phenoxy) is 3. The minimum Gasteiger partial charge on any atom is -0.497 e. The van der Waals surface area contributed by atoms with Crippen LogP contribution in [0.1, 0.15) is 30.9 Å². The largest absolute Gasteiger partial charge is 0.497 e. The highest BCUT2D eigenvalue weighted by atomic mass is 16.5. The minimum atomic E-state index is -0.891. The van der Waals surface area contributed by atoms with Gasteiger partial charge in [0.05, 0.1) is 20.1 Å². The Kier molecular flexibility index (Phi) is 7.13. The minimum absolute atomic E-state index is 0.342. The van der Waals surface area contributed by atoms with Gasteiger partial charge in [-0.15, -0.1) is 0 Å². The van der Waals surface area contributed by atoms with Gasteiger partial charge in [-0.2, -0.15) is 0 Å². The third kappa shape index (κ3) is 5.54. The number of carbonyl (C=O) groups excluding carboxylic acids is 2. The topological polar surface area (TPSA) is 73.9 Å². The van der Waals surface area contributed by atoms with Crippen LogP contribution in [0.25, 0.3) is 10.8 Å². The van der Waals surface area contributed by atoms with Crippen LogP contribution >= 0.6 is 0 Å². The maximum Gasteiger partial charge on any atom is 0.313 e.